The van der Waals surface area contributed by atoms with Gasteiger partial charge in [-0.1, -0.05) is 23.4 Å². The van der Waals surface area contributed by atoms with Crippen LogP contribution < -0.4 is 5.32 Å². The second kappa shape index (κ2) is 7.52. The molecule has 0 aliphatic carbocycles. The van der Waals surface area contributed by atoms with E-state index in [9.17, 15) is 13.2 Å². The summed E-state index contributed by atoms with van der Waals surface area (Å²) in [5, 5.41) is 5.20. The summed E-state index contributed by atoms with van der Waals surface area (Å²) in [4.78, 5) is 16.2. The number of hydrogen-bond acceptors (Lipinski definition) is 7. The Bertz CT molecular complexity index is 965. The second-order valence-electron chi connectivity index (χ2n) is 5.57. The first-order valence-electron chi connectivity index (χ1n) is 7.85. The van der Waals surface area contributed by atoms with Crippen LogP contribution in [0.2, 0.25) is 0 Å². The molecule has 0 fully saturated rings. The highest BCUT2D eigenvalue weighted by atomic mass is 32.2. The maximum atomic E-state index is 13.0. The third-order valence-corrected chi connectivity index (χ3v) is 5.76. The summed E-state index contributed by atoms with van der Waals surface area (Å²) in [6.07, 6.45) is 1.29. The van der Waals surface area contributed by atoms with Crippen molar-refractivity contribution >= 4 is 15.7 Å². The Morgan fingerprint density at radius 1 is 1.19 bits per heavy atom. The number of nitrogens with zero attached hydrogens (tertiary/aromatic N) is 2. The van der Waals surface area contributed by atoms with Gasteiger partial charge in [0, 0.05) is 13.5 Å². The average molecular weight is 375 g/mol. The number of aromatic nitrogens is 2. The van der Waals surface area contributed by atoms with E-state index >= 15 is 0 Å². The monoisotopic (exact) mass is 375 g/mol. The Hall–Kier alpha value is -2.94. The second-order valence-corrected chi connectivity index (χ2v) is 7.70. The third kappa shape index (κ3) is 3.99. The number of aryl methyl sites for hydroxylation is 1. The molecule has 1 amide bonds. The van der Waals surface area contributed by atoms with Gasteiger partial charge in [0.05, 0.1) is 17.6 Å². The lowest BCUT2D eigenvalue weighted by Crippen LogP contribution is -2.33. The lowest BCUT2D eigenvalue weighted by molar-refractivity contribution is -0.120. The standard InChI is InChI=1S/C17H17N3O5S/c1-12-19-16(20-25-12)10-17(21)18-11-15(14-8-5-9-24-14)26(22,23)13-6-3-2-4-7-13/h2-9,15H,10-11H2,1H3,(H,18,21). The quantitative estimate of drug-likeness (QED) is 0.670. The highest BCUT2D eigenvalue weighted by molar-refractivity contribution is 7.91. The topological polar surface area (TPSA) is 115 Å². The van der Waals surface area contributed by atoms with Crippen LogP contribution in [0.5, 0.6) is 0 Å². The van der Waals surface area contributed by atoms with Crippen LogP contribution in [0.15, 0.2) is 62.6 Å². The molecule has 3 rings (SSSR count). The molecule has 26 heavy (non-hydrogen) atoms. The zero-order valence-corrected chi connectivity index (χ0v) is 14.8. The molecule has 2 heterocycles. The number of rotatable bonds is 7. The number of furan rings is 1. The zero-order valence-electron chi connectivity index (χ0n) is 14.0. The smallest absolute Gasteiger partial charge is 0.227 e. The van der Waals surface area contributed by atoms with Crippen molar-refractivity contribution in [2.75, 3.05) is 6.54 Å². The van der Waals surface area contributed by atoms with Gasteiger partial charge in [-0.05, 0) is 24.3 Å². The van der Waals surface area contributed by atoms with E-state index in [-0.39, 0.29) is 29.4 Å². The first-order valence-corrected chi connectivity index (χ1v) is 9.39. The van der Waals surface area contributed by atoms with E-state index in [2.05, 4.69) is 15.5 Å². The van der Waals surface area contributed by atoms with Crippen LogP contribution in [0.25, 0.3) is 0 Å². The van der Waals surface area contributed by atoms with Crippen LogP contribution in [-0.2, 0) is 21.1 Å². The van der Waals surface area contributed by atoms with E-state index in [0.717, 1.165) is 0 Å². The molecule has 1 unspecified atom stereocenters. The lowest BCUT2D eigenvalue weighted by Gasteiger charge is -2.16. The molecule has 0 spiro atoms. The van der Waals surface area contributed by atoms with Gasteiger partial charge in [0.15, 0.2) is 15.7 Å². The number of benzene rings is 1. The lowest BCUT2D eigenvalue weighted by atomic mass is 10.3. The van der Waals surface area contributed by atoms with Gasteiger partial charge in [-0.2, -0.15) is 4.98 Å². The summed E-state index contributed by atoms with van der Waals surface area (Å²) in [5.41, 5.74) is 0. The number of hydrogen-bond donors (Lipinski definition) is 1. The first-order chi connectivity index (χ1) is 12.5. The summed E-state index contributed by atoms with van der Waals surface area (Å²) in [7, 11) is -3.75. The molecule has 0 radical (unpaired) electrons. The summed E-state index contributed by atoms with van der Waals surface area (Å²) < 4.78 is 36.0. The summed E-state index contributed by atoms with van der Waals surface area (Å²) in [6.45, 7) is 1.48. The normalized spacial score (nSPS) is 12.7. The van der Waals surface area contributed by atoms with Crippen LogP contribution in [0.4, 0.5) is 0 Å². The number of sulfone groups is 1. The van der Waals surface area contributed by atoms with E-state index in [4.69, 9.17) is 8.94 Å². The predicted octanol–water partition coefficient (Wildman–Crippen LogP) is 1.84. The van der Waals surface area contributed by atoms with E-state index < -0.39 is 21.0 Å². The van der Waals surface area contributed by atoms with Crippen molar-refractivity contribution in [3.63, 3.8) is 0 Å². The minimum Gasteiger partial charge on any atom is -0.468 e. The maximum Gasteiger partial charge on any atom is 0.227 e. The van der Waals surface area contributed by atoms with Crippen molar-refractivity contribution in [1.82, 2.24) is 15.5 Å². The molecule has 136 valence electrons. The molecule has 8 nitrogen and oxygen atoms in total. The van der Waals surface area contributed by atoms with Gasteiger partial charge < -0.3 is 14.3 Å². The van der Waals surface area contributed by atoms with Crippen molar-refractivity contribution in [2.45, 2.75) is 23.5 Å². The number of carbonyl (C=O) groups is 1. The molecular formula is C17H17N3O5S. The Kier molecular flexibility index (Phi) is 5.17. The van der Waals surface area contributed by atoms with Gasteiger partial charge in [0.2, 0.25) is 11.8 Å². The third-order valence-electron chi connectivity index (χ3n) is 3.68. The Morgan fingerprint density at radius 3 is 2.58 bits per heavy atom. The van der Waals surface area contributed by atoms with Crippen LogP contribution in [0, 0.1) is 6.92 Å². The fraction of sp³-hybridized carbons (Fsp3) is 0.235. The molecule has 1 N–H and O–H groups in total. The molecule has 9 heteroatoms. The largest absolute Gasteiger partial charge is 0.468 e. The fourth-order valence-electron chi connectivity index (χ4n) is 2.44. The van der Waals surface area contributed by atoms with Crippen molar-refractivity contribution in [3.8, 4) is 0 Å². The van der Waals surface area contributed by atoms with E-state index in [1.165, 1.54) is 18.4 Å². The Labute approximate surface area is 150 Å². The minimum absolute atomic E-state index is 0.104. The summed E-state index contributed by atoms with van der Waals surface area (Å²) in [5.74, 6) is 0.434. The SMILES string of the molecule is Cc1nc(CC(=O)NCC(c2ccco2)S(=O)(=O)c2ccccc2)no1. The van der Waals surface area contributed by atoms with Gasteiger partial charge in [-0.3, -0.25) is 4.79 Å². The number of carbonyl (C=O) groups excluding carboxylic acids is 1. The molecule has 2 aromatic heterocycles. The number of amides is 1. The molecule has 0 saturated carbocycles. The van der Waals surface area contributed by atoms with Crippen molar-refractivity contribution in [2.24, 2.45) is 0 Å². The van der Waals surface area contributed by atoms with Gasteiger partial charge in [0.1, 0.15) is 11.0 Å². The van der Waals surface area contributed by atoms with E-state index in [1.54, 1.807) is 37.3 Å². The number of nitrogens with one attached hydrogen (secondary N) is 1. The van der Waals surface area contributed by atoms with Gasteiger partial charge >= 0.3 is 0 Å². The highest BCUT2D eigenvalue weighted by Crippen LogP contribution is 2.28. The summed E-state index contributed by atoms with van der Waals surface area (Å²) >= 11 is 0. The molecule has 1 atom stereocenters. The minimum atomic E-state index is -3.75. The van der Waals surface area contributed by atoms with Gasteiger partial charge in [-0.15, -0.1) is 0 Å². The van der Waals surface area contributed by atoms with Gasteiger partial charge in [0.25, 0.3) is 0 Å². The molecular weight excluding hydrogens is 358 g/mol. The molecule has 3 aromatic rings. The Morgan fingerprint density at radius 2 is 1.96 bits per heavy atom. The zero-order chi connectivity index (χ0) is 18.6. The van der Waals surface area contributed by atoms with Crippen molar-refractivity contribution < 1.29 is 22.2 Å². The predicted molar refractivity (Wildman–Crippen MR) is 90.8 cm³/mol. The average Bonchev–Trinajstić information content (AvgIpc) is 3.28. The van der Waals surface area contributed by atoms with Crippen molar-refractivity contribution in [1.29, 1.82) is 0 Å². The van der Waals surface area contributed by atoms with Crippen molar-refractivity contribution in [3.05, 3.63) is 66.2 Å². The Balaban J connectivity index is 1.76. The molecule has 0 saturated heterocycles. The van der Waals surface area contributed by atoms with Crippen LogP contribution in [0.3, 0.4) is 0 Å². The van der Waals surface area contributed by atoms with Gasteiger partial charge in [-0.25, -0.2) is 8.42 Å². The van der Waals surface area contributed by atoms with Crippen LogP contribution in [0.1, 0.15) is 22.7 Å². The summed E-state index contributed by atoms with van der Waals surface area (Å²) in [6, 6.07) is 11.2. The molecule has 0 aliphatic rings. The van der Waals surface area contributed by atoms with Crippen LogP contribution >= 0.6 is 0 Å². The first kappa shape index (κ1) is 17.9. The highest BCUT2D eigenvalue weighted by Gasteiger charge is 2.31. The fourth-order valence-corrected chi connectivity index (χ4v) is 4.05. The molecule has 0 bridgehead atoms. The van der Waals surface area contributed by atoms with E-state index in [1.807, 2.05) is 0 Å². The van der Waals surface area contributed by atoms with Crippen LogP contribution in [-0.4, -0.2) is 31.0 Å². The maximum absolute atomic E-state index is 13.0. The molecule has 1 aromatic carbocycles. The molecule has 0 aliphatic heterocycles. The van der Waals surface area contributed by atoms with E-state index in [0.29, 0.717) is 5.89 Å².